The number of rotatable bonds is 7. The Balaban J connectivity index is 1.52. The van der Waals surface area contributed by atoms with Crippen LogP contribution < -0.4 is 9.47 Å². The number of halogens is 1. The van der Waals surface area contributed by atoms with E-state index < -0.39 is 0 Å². The van der Waals surface area contributed by atoms with Gasteiger partial charge in [-0.05, 0) is 48.4 Å². The average molecular weight is 388 g/mol. The quantitative estimate of drug-likeness (QED) is 0.675. The smallest absolute Gasteiger partial charge is 0.161 e. The first-order valence-corrected chi connectivity index (χ1v) is 9.62. The van der Waals surface area contributed by atoms with Gasteiger partial charge in [-0.15, -0.1) is 0 Å². The molecule has 1 aliphatic heterocycles. The molecule has 0 amide bonds. The molecule has 3 rings (SSSR count). The summed E-state index contributed by atoms with van der Waals surface area (Å²) >= 11 is 5.95. The van der Waals surface area contributed by atoms with Gasteiger partial charge in [0.1, 0.15) is 0 Å². The molecule has 2 aromatic rings. The second kappa shape index (κ2) is 9.62. The van der Waals surface area contributed by atoms with Gasteiger partial charge in [0.15, 0.2) is 11.5 Å². The average Bonchev–Trinajstić information content (AvgIpc) is 2.70. The maximum atomic E-state index is 5.95. The van der Waals surface area contributed by atoms with E-state index in [9.17, 15) is 0 Å². The molecule has 5 nitrogen and oxygen atoms in total. The van der Waals surface area contributed by atoms with Gasteiger partial charge in [-0.2, -0.15) is 5.10 Å². The molecule has 0 atom stereocenters. The number of hydrazone groups is 1. The summed E-state index contributed by atoms with van der Waals surface area (Å²) < 4.78 is 10.9. The molecule has 1 fully saturated rings. The number of hydrogen-bond donors (Lipinski definition) is 0. The van der Waals surface area contributed by atoms with Gasteiger partial charge >= 0.3 is 0 Å². The van der Waals surface area contributed by atoms with Crippen molar-refractivity contribution in [3.05, 3.63) is 58.6 Å². The first-order valence-electron chi connectivity index (χ1n) is 9.24. The third-order valence-corrected chi connectivity index (χ3v) is 4.78. The van der Waals surface area contributed by atoms with E-state index in [0.717, 1.165) is 54.8 Å². The van der Waals surface area contributed by atoms with Gasteiger partial charge in [0.2, 0.25) is 0 Å². The molecule has 0 saturated carbocycles. The van der Waals surface area contributed by atoms with Crippen molar-refractivity contribution in [2.45, 2.75) is 13.5 Å². The highest BCUT2D eigenvalue weighted by atomic mass is 35.5. The highest BCUT2D eigenvalue weighted by Crippen LogP contribution is 2.27. The summed E-state index contributed by atoms with van der Waals surface area (Å²) in [6, 6.07) is 13.9. The molecule has 1 heterocycles. The largest absolute Gasteiger partial charge is 0.493 e. The molecule has 1 aliphatic rings. The lowest BCUT2D eigenvalue weighted by molar-refractivity contribution is 0.131. The van der Waals surface area contributed by atoms with Crippen LogP contribution in [0.3, 0.4) is 0 Å². The van der Waals surface area contributed by atoms with Crippen LogP contribution in [0.25, 0.3) is 0 Å². The van der Waals surface area contributed by atoms with Gasteiger partial charge < -0.3 is 9.47 Å². The van der Waals surface area contributed by atoms with E-state index >= 15 is 0 Å². The molecule has 144 valence electrons. The van der Waals surface area contributed by atoms with Crippen molar-refractivity contribution in [3.63, 3.8) is 0 Å². The van der Waals surface area contributed by atoms with Crippen molar-refractivity contribution >= 4 is 17.8 Å². The normalized spacial score (nSPS) is 15.3. The summed E-state index contributed by atoms with van der Waals surface area (Å²) in [4.78, 5) is 2.44. The second-order valence-electron chi connectivity index (χ2n) is 6.44. The van der Waals surface area contributed by atoms with Crippen LogP contribution in [0.1, 0.15) is 18.1 Å². The van der Waals surface area contributed by atoms with E-state index in [1.807, 2.05) is 43.5 Å². The third kappa shape index (κ3) is 5.62. The first-order chi connectivity index (χ1) is 13.2. The van der Waals surface area contributed by atoms with Crippen LogP contribution >= 0.6 is 11.6 Å². The topological polar surface area (TPSA) is 37.3 Å². The predicted molar refractivity (Wildman–Crippen MR) is 110 cm³/mol. The number of nitrogens with zero attached hydrogens (tertiary/aromatic N) is 3. The Morgan fingerprint density at radius 1 is 1.04 bits per heavy atom. The minimum atomic E-state index is 0.615. The zero-order valence-corrected chi connectivity index (χ0v) is 16.7. The van der Waals surface area contributed by atoms with Crippen molar-refractivity contribution in [1.82, 2.24) is 9.91 Å². The highest BCUT2D eigenvalue weighted by molar-refractivity contribution is 6.30. The van der Waals surface area contributed by atoms with Gasteiger partial charge in [-0.3, -0.25) is 9.91 Å². The van der Waals surface area contributed by atoms with Crippen LogP contribution in [0.15, 0.2) is 47.6 Å². The van der Waals surface area contributed by atoms with E-state index in [-0.39, 0.29) is 0 Å². The van der Waals surface area contributed by atoms with Crippen molar-refractivity contribution in [2.24, 2.45) is 5.10 Å². The lowest BCUT2D eigenvalue weighted by Crippen LogP contribution is -2.43. The van der Waals surface area contributed by atoms with Crippen LogP contribution in [0.2, 0.25) is 5.02 Å². The fourth-order valence-electron chi connectivity index (χ4n) is 3.05. The Morgan fingerprint density at radius 2 is 1.78 bits per heavy atom. The van der Waals surface area contributed by atoms with Crippen LogP contribution in [-0.4, -0.2) is 56.0 Å². The van der Waals surface area contributed by atoms with Crippen molar-refractivity contribution in [2.75, 3.05) is 39.9 Å². The Hall–Kier alpha value is -2.24. The van der Waals surface area contributed by atoms with Crippen LogP contribution in [0, 0.1) is 0 Å². The molecular formula is C21H26ClN3O2. The maximum Gasteiger partial charge on any atom is 0.161 e. The monoisotopic (exact) mass is 387 g/mol. The molecule has 0 unspecified atom stereocenters. The predicted octanol–water partition coefficient (Wildman–Crippen LogP) is 3.90. The number of ether oxygens (including phenoxy) is 2. The molecule has 0 aliphatic carbocycles. The molecule has 1 saturated heterocycles. The van der Waals surface area contributed by atoms with Crippen molar-refractivity contribution in [3.8, 4) is 11.5 Å². The number of hydrogen-bond acceptors (Lipinski definition) is 5. The third-order valence-electron chi connectivity index (χ3n) is 4.53. The lowest BCUT2D eigenvalue weighted by Gasteiger charge is -2.33. The fraction of sp³-hybridized carbons (Fsp3) is 0.381. The van der Waals surface area contributed by atoms with Crippen molar-refractivity contribution < 1.29 is 9.47 Å². The van der Waals surface area contributed by atoms with E-state index in [1.165, 1.54) is 5.56 Å². The molecule has 0 aromatic heterocycles. The zero-order valence-electron chi connectivity index (χ0n) is 15.9. The summed E-state index contributed by atoms with van der Waals surface area (Å²) in [5.41, 5.74) is 2.29. The summed E-state index contributed by atoms with van der Waals surface area (Å²) in [5, 5.41) is 7.52. The van der Waals surface area contributed by atoms with E-state index in [2.05, 4.69) is 27.1 Å². The Bertz CT molecular complexity index is 757. The maximum absolute atomic E-state index is 5.95. The van der Waals surface area contributed by atoms with Crippen LogP contribution in [0.4, 0.5) is 0 Å². The summed E-state index contributed by atoms with van der Waals surface area (Å²) in [6.07, 6.45) is 1.88. The van der Waals surface area contributed by atoms with Crippen molar-refractivity contribution in [1.29, 1.82) is 0 Å². The fourth-order valence-corrected chi connectivity index (χ4v) is 3.17. The molecule has 2 aromatic carbocycles. The van der Waals surface area contributed by atoms with E-state index in [4.69, 9.17) is 21.1 Å². The SMILES string of the molecule is CCOc1ccc(/C=N\N2CCN(Cc3ccc(Cl)cc3)CC2)cc1OC. The van der Waals surface area contributed by atoms with Gasteiger partial charge in [-0.25, -0.2) is 0 Å². The Kier molecular flexibility index (Phi) is 6.96. The first kappa shape index (κ1) is 19.5. The van der Waals surface area contributed by atoms with Gasteiger partial charge in [-0.1, -0.05) is 23.7 Å². The minimum absolute atomic E-state index is 0.615. The zero-order chi connectivity index (χ0) is 19.1. The molecule has 0 radical (unpaired) electrons. The van der Waals surface area contributed by atoms with Crippen LogP contribution in [-0.2, 0) is 6.54 Å². The Labute approximate surface area is 166 Å². The number of benzene rings is 2. The summed E-state index contributed by atoms with van der Waals surface area (Å²) in [5.74, 6) is 1.49. The van der Waals surface area contributed by atoms with Gasteiger partial charge in [0.05, 0.1) is 19.9 Å². The summed E-state index contributed by atoms with van der Waals surface area (Å²) in [7, 11) is 1.65. The van der Waals surface area contributed by atoms with Gasteiger partial charge in [0, 0.05) is 37.7 Å². The lowest BCUT2D eigenvalue weighted by atomic mass is 10.2. The highest BCUT2D eigenvalue weighted by Gasteiger charge is 2.15. The second-order valence-corrected chi connectivity index (χ2v) is 6.88. The molecule has 0 bridgehead atoms. The Morgan fingerprint density at radius 3 is 2.44 bits per heavy atom. The number of methoxy groups -OCH3 is 1. The summed E-state index contributed by atoms with van der Waals surface area (Å²) in [6.45, 7) is 7.34. The van der Waals surface area contributed by atoms with E-state index in [1.54, 1.807) is 7.11 Å². The molecule has 27 heavy (non-hydrogen) atoms. The molecule has 6 heteroatoms. The van der Waals surface area contributed by atoms with Crippen LogP contribution in [0.5, 0.6) is 11.5 Å². The molecule has 0 spiro atoms. The molecular weight excluding hydrogens is 362 g/mol. The minimum Gasteiger partial charge on any atom is -0.493 e. The van der Waals surface area contributed by atoms with E-state index in [0.29, 0.717) is 6.61 Å². The van der Waals surface area contributed by atoms with Gasteiger partial charge in [0.25, 0.3) is 0 Å². The molecule has 0 N–H and O–H groups in total. The standard InChI is InChI=1S/C21H26ClN3O2/c1-3-27-20-9-6-18(14-21(20)26-2)15-23-25-12-10-24(11-13-25)16-17-4-7-19(22)8-5-17/h4-9,14-15H,3,10-13,16H2,1-2H3/b23-15-. The number of piperazine rings is 1.